The maximum Gasteiger partial charge on any atom is -0.0150 e. The Kier molecular flexibility index (Phi) is 7.51. The molecule has 0 aliphatic heterocycles. The molecule has 0 saturated heterocycles. The predicted molar refractivity (Wildman–Crippen MR) is 139 cm³/mol. The van der Waals surface area contributed by atoms with E-state index in [1.54, 1.807) is 16.7 Å². The third kappa shape index (κ3) is 5.17. The molecule has 0 radical (unpaired) electrons. The third-order valence-electron chi connectivity index (χ3n) is 7.82. The summed E-state index contributed by atoms with van der Waals surface area (Å²) in [5.41, 5.74) is 10.7. The van der Waals surface area contributed by atoms with Crippen molar-refractivity contribution < 1.29 is 0 Å². The Balaban J connectivity index is 1.61. The lowest BCUT2D eigenvalue weighted by atomic mass is 9.76. The molecule has 0 N–H and O–H groups in total. The van der Waals surface area contributed by atoms with Gasteiger partial charge in [0, 0.05) is 0 Å². The molecule has 3 unspecified atom stereocenters. The highest BCUT2D eigenvalue weighted by molar-refractivity contribution is 5.40. The number of aryl methyl sites for hydroxylation is 4. The van der Waals surface area contributed by atoms with Crippen LogP contribution in [0.15, 0.2) is 66.7 Å². The van der Waals surface area contributed by atoms with Crippen molar-refractivity contribution in [2.24, 2.45) is 0 Å². The SMILES string of the molecule is CCc1cccc(C(C)CC(CC(CC)c2cccc(CC)c2)c2ccc3c(c2)CC3)c1. The summed E-state index contributed by atoms with van der Waals surface area (Å²) in [7, 11) is 0. The molecule has 3 atom stereocenters. The highest BCUT2D eigenvalue weighted by Crippen LogP contribution is 2.40. The second-order valence-electron chi connectivity index (χ2n) is 9.90. The molecule has 0 heteroatoms. The lowest BCUT2D eigenvalue weighted by molar-refractivity contribution is 0.466. The van der Waals surface area contributed by atoms with E-state index in [9.17, 15) is 0 Å². The van der Waals surface area contributed by atoms with Crippen LogP contribution in [-0.4, -0.2) is 0 Å². The molecule has 0 amide bonds. The normalized spacial score (nSPS) is 15.5. The Labute approximate surface area is 196 Å². The minimum Gasteiger partial charge on any atom is -0.0648 e. The van der Waals surface area contributed by atoms with Crippen LogP contribution in [0.1, 0.15) is 104 Å². The van der Waals surface area contributed by atoms with Crippen molar-refractivity contribution in [1.82, 2.24) is 0 Å². The van der Waals surface area contributed by atoms with Gasteiger partial charge < -0.3 is 0 Å². The van der Waals surface area contributed by atoms with Crippen LogP contribution < -0.4 is 0 Å². The smallest absolute Gasteiger partial charge is 0.0150 e. The molecule has 168 valence electrons. The number of rotatable bonds is 10. The first kappa shape index (κ1) is 22.8. The third-order valence-corrected chi connectivity index (χ3v) is 7.82. The molecular formula is C32H40. The van der Waals surface area contributed by atoms with E-state index in [2.05, 4.69) is 94.4 Å². The van der Waals surface area contributed by atoms with E-state index in [-0.39, 0.29) is 0 Å². The molecule has 3 aromatic rings. The van der Waals surface area contributed by atoms with E-state index in [0.717, 1.165) is 12.8 Å². The van der Waals surface area contributed by atoms with Crippen molar-refractivity contribution in [3.63, 3.8) is 0 Å². The summed E-state index contributed by atoms with van der Waals surface area (Å²) in [5.74, 6) is 1.78. The molecule has 1 aliphatic carbocycles. The summed E-state index contributed by atoms with van der Waals surface area (Å²) in [6, 6.07) is 26.0. The second-order valence-corrected chi connectivity index (χ2v) is 9.90. The fourth-order valence-electron chi connectivity index (χ4n) is 5.47. The Morgan fingerprint density at radius 3 is 1.84 bits per heavy atom. The molecule has 0 heterocycles. The van der Waals surface area contributed by atoms with Crippen LogP contribution >= 0.6 is 0 Å². The fourth-order valence-corrected chi connectivity index (χ4v) is 5.47. The van der Waals surface area contributed by atoms with Gasteiger partial charge in [0.25, 0.3) is 0 Å². The zero-order valence-corrected chi connectivity index (χ0v) is 20.5. The standard InChI is InChI=1S/C32H40/c1-5-24-10-8-12-28(19-24)23(4)18-32(31-17-15-27-14-16-30(27)22-31)21-26(7-3)29-13-9-11-25(6-2)20-29/h8-13,15,17,19-20,22-23,26,32H,5-7,14,16,18,21H2,1-4H3. The highest BCUT2D eigenvalue weighted by atomic mass is 14.3. The van der Waals surface area contributed by atoms with Gasteiger partial charge in [-0.1, -0.05) is 94.4 Å². The van der Waals surface area contributed by atoms with Gasteiger partial charge in [0.1, 0.15) is 0 Å². The molecular weight excluding hydrogens is 384 g/mol. The van der Waals surface area contributed by atoms with Gasteiger partial charge in [-0.15, -0.1) is 0 Å². The van der Waals surface area contributed by atoms with Gasteiger partial charge in [0.2, 0.25) is 0 Å². The molecule has 0 saturated carbocycles. The first-order valence-electron chi connectivity index (χ1n) is 12.9. The van der Waals surface area contributed by atoms with E-state index < -0.39 is 0 Å². The lowest BCUT2D eigenvalue weighted by Crippen LogP contribution is -2.13. The van der Waals surface area contributed by atoms with Crippen molar-refractivity contribution in [2.45, 2.75) is 90.4 Å². The number of benzene rings is 3. The fraction of sp³-hybridized carbons (Fsp3) is 0.438. The van der Waals surface area contributed by atoms with Crippen LogP contribution in [-0.2, 0) is 25.7 Å². The summed E-state index contributed by atoms with van der Waals surface area (Å²) >= 11 is 0. The summed E-state index contributed by atoms with van der Waals surface area (Å²) in [5, 5.41) is 0. The van der Waals surface area contributed by atoms with Crippen LogP contribution in [0.25, 0.3) is 0 Å². The number of hydrogen-bond donors (Lipinski definition) is 0. The second kappa shape index (κ2) is 10.5. The van der Waals surface area contributed by atoms with E-state index in [1.807, 2.05) is 0 Å². The Morgan fingerprint density at radius 1 is 0.625 bits per heavy atom. The highest BCUT2D eigenvalue weighted by Gasteiger charge is 2.24. The number of fused-ring (bicyclic) bond motifs is 1. The quantitative estimate of drug-likeness (QED) is 0.305. The molecule has 0 nitrogen and oxygen atoms in total. The largest absolute Gasteiger partial charge is 0.0648 e. The first-order chi connectivity index (χ1) is 15.6. The van der Waals surface area contributed by atoms with Crippen molar-refractivity contribution in [2.75, 3.05) is 0 Å². The molecule has 4 rings (SSSR count). The van der Waals surface area contributed by atoms with Crippen molar-refractivity contribution in [3.05, 3.63) is 106 Å². The van der Waals surface area contributed by atoms with Crippen LogP contribution in [0.3, 0.4) is 0 Å². The molecule has 0 aromatic heterocycles. The van der Waals surface area contributed by atoms with Gasteiger partial charge >= 0.3 is 0 Å². The van der Waals surface area contributed by atoms with Crippen molar-refractivity contribution in [1.29, 1.82) is 0 Å². The van der Waals surface area contributed by atoms with Crippen LogP contribution in [0, 0.1) is 0 Å². The minimum atomic E-state index is 0.567. The molecule has 32 heavy (non-hydrogen) atoms. The molecule has 1 aliphatic rings. The predicted octanol–water partition coefficient (Wildman–Crippen LogP) is 8.77. The van der Waals surface area contributed by atoms with Crippen molar-refractivity contribution >= 4 is 0 Å². The lowest BCUT2D eigenvalue weighted by Gasteiger charge is -2.29. The summed E-state index contributed by atoms with van der Waals surface area (Å²) in [6.07, 6.45) is 8.41. The first-order valence-corrected chi connectivity index (χ1v) is 12.9. The monoisotopic (exact) mass is 424 g/mol. The summed E-state index contributed by atoms with van der Waals surface area (Å²) in [4.78, 5) is 0. The van der Waals surface area contributed by atoms with E-state index in [4.69, 9.17) is 0 Å². The molecule has 0 spiro atoms. The Bertz CT molecular complexity index is 1030. The zero-order valence-electron chi connectivity index (χ0n) is 20.5. The topological polar surface area (TPSA) is 0 Å². The number of hydrogen-bond acceptors (Lipinski definition) is 0. The van der Waals surface area contributed by atoms with Gasteiger partial charge in [-0.25, -0.2) is 0 Å². The van der Waals surface area contributed by atoms with E-state index in [1.165, 1.54) is 54.4 Å². The van der Waals surface area contributed by atoms with Gasteiger partial charge in [-0.3, -0.25) is 0 Å². The van der Waals surface area contributed by atoms with Crippen molar-refractivity contribution in [3.8, 4) is 0 Å². The zero-order chi connectivity index (χ0) is 22.5. The molecule has 0 fully saturated rings. The summed E-state index contributed by atoms with van der Waals surface area (Å²) in [6.45, 7) is 9.31. The maximum atomic E-state index is 2.54. The van der Waals surface area contributed by atoms with Gasteiger partial charge in [0.05, 0.1) is 0 Å². The van der Waals surface area contributed by atoms with E-state index in [0.29, 0.717) is 17.8 Å². The summed E-state index contributed by atoms with van der Waals surface area (Å²) < 4.78 is 0. The minimum absolute atomic E-state index is 0.567. The van der Waals surface area contributed by atoms with Gasteiger partial charge in [-0.2, -0.15) is 0 Å². The van der Waals surface area contributed by atoms with Gasteiger partial charge in [0.15, 0.2) is 0 Å². The van der Waals surface area contributed by atoms with Gasteiger partial charge in [-0.05, 0) is 102 Å². The van der Waals surface area contributed by atoms with Crippen LogP contribution in [0.4, 0.5) is 0 Å². The van der Waals surface area contributed by atoms with Crippen LogP contribution in [0.2, 0.25) is 0 Å². The Hall–Kier alpha value is -2.34. The van der Waals surface area contributed by atoms with E-state index >= 15 is 0 Å². The maximum absolute atomic E-state index is 2.54. The average Bonchev–Trinajstić information content (AvgIpc) is 2.82. The Morgan fingerprint density at radius 2 is 1.25 bits per heavy atom. The molecule has 3 aromatic carbocycles. The average molecular weight is 425 g/mol. The molecule has 0 bridgehead atoms. The van der Waals surface area contributed by atoms with Crippen LogP contribution in [0.5, 0.6) is 0 Å².